The Hall–Kier alpha value is -2.41. The Morgan fingerprint density at radius 3 is 2.58 bits per heavy atom. The molecule has 0 aliphatic carbocycles. The molecule has 1 aliphatic heterocycles. The molecule has 140 valence electrons. The third-order valence-corrected chi connectivity index (χ3v) is 4.87. The molecule has 0 radical (unpaired) electrons. The number of piperazine rings is 1. The van der Waals surface area contributed by atoms with Gasteiger partial charge in [-0.2, -0.15) is 0 Å². The van der Waals surface area contributed by atoms with Crippen molar-refractivity contribution in [3.05, 3.63) is 48.3 Å². The Morgan fingerprint density at radius 2 is 2.00 bits per heavy atom. The van der Waals surface area contributed by atoms with E-state index >= 15 is 0 Å². The summed E-state index contributed by atoms with van der Waals surface area (Å²) in [6.07, 6.45) is 7.37. The van der Waals surface area contributed by atoms with E-state index in [1.54, 1.807) is 12.4 Å². The van der Waals surface area contributed by atoms with Crippen molar-refractivity contribution in [3.63, 3.8) is 0 Å². The number of pyridine rings is 1. The number of hydrogen-bond donors (Lipinski definition) is 1. The van der Waals surface area contributed by atoms with E-state index in [1.165, 1.54) is 5.56 Å². The first-order chi connectivity index (χ1) is 12.5. The van der Waals surface area contributed by atoms with Crippen LogP contribution in [-0.2, 0) is 13.6 Å². The zero-order valence-corrected chi connectivity index (χ0v) is 15.8. The second-order valence-corrected chi connectivity index (χ2v) is 7.19. The van der Waals surface area contributed by atoms with Crippen LogP contribution in [0, 0.1) is 5.92 Å². The highest BCUT2D eigenvalue weighted by atomic mass is 16.2. The van der Waals surface area contributed by atoms with Crippen LogP contribution < -0.4 is 5.32 Å². The van der Waals surface area contributed by atoms with Gasteiger partial charge < -0.3 is 14.8 Å². The van der Waals surface area contributed by atoms with Gasteiger partial charge in [0.1, 0.15) is 5.82 Å². The van der Waals surface area contributed by atoms with Crippen LogP contribution in [0.15, 0.2) is 36.9 Å². The predicted octanol–water partition coefficient (Wildman–Crippen LogP) is 2.04. The summed E-state index contributed by atoms with van der Waals surface area (Å²) in [6.45, 7) is 8.30. The fourth-order valence-electron chi connectivity index (χ4n) is 3.29. The molecule has 1 fully saturated rings. The van der Waals surface area contributed by atoms with Crippen LogP contribution in [0.4, 0.5) is 4.79 Å². The first kappa shape index (κ1) is 18.4. The van der Waals surface area contributed by atoms with Crippen molar-refractivity contribution in [2.24, 2.45) is 13.0 Å². The monoisotopic (exact) mass is 356 g/mol. The van der Waals surface area contributed by atoms with E-state index in [2.05, 4.69) is 40.1 Å². The minimum absolute atomic E-state index is 0.00673. The van der Waals surface area contributed by atoms with E-state index in [4.69, 9.17) is 0 Å². The summed E-state index contributed by atoms with van der Waals surface area (Å²) in [5, 5.41) is 3.17. The zero-order valence-electron chi connectivity index (χ0n) is 15.8. The van der Waals surface area contributed by atoms with E-state index in [-0.39, 0.29) is 18.0 Å². The van der Waals surface area contributed by atoms with Gasteiger partial charge in [-0.3, -0.25) is 9.88 Å². The summed E-state index contributed by atoms with van der Waals surface area (Å²) < 4.78 is 1.97. The maximum absolute atomic E-state index is 12.7. The Labute approximate surface area is 155 Å². The van der Waals surface area contributed by atoms with Crippen LogP contribution in [0.5, 0.6) is 0 Å². The fraction of sp³-hybridized carbons (Fsp3) is 0.526. The van der Waals surface area contributed by atoms with Crippen molar-refractivity contribution >= 4 is 6.03 Å². The number of urea groups is 1. The largest absolute Gasteiger partial charge is 0.336 e. The molecule has 2 aromatic rings. The average molecular weight is 356 g/mol. The Balaban J connectivity index is 1.54. The second kappa shape index (κ2) is 8.31. The van der Waals surface area contributed by atoms with Gasteiger partial charge in [-0.1, -0.05) is 19.9 Å². The van der Waals surface area contributed by atoms with Crippen molar-refractivity contribution in [2.45, 2.75) is 26.4 Å². The van der Waals surface area contributed by atoms with Gasteiger partial charge in [0.25, 0.3) is 0 Å². The maximum Gasteiger partial charge on any atom is 0.318 e. The maximum atomic E-state index is 12.7. The van der Waals surface area contributed by atoms with Crippen LogP contribution in [0.3, 0.4) is 0 Å². The topological polar surface area (TPSA) is 66.3 Å². The van der Waals surface area contributed by atoms with E-state index < -0.39 is 0 Å². The molecule has 1 atom stereocenters. The number of hydrogen-bond acceptors (Lipinski definition) is 4. The van der Waals surface area contributed by atoms with E-state index in [0.29, 0.717) is 0 Å². The molecule has 0 saturated carbocycles. The number of carbonyl (C=O) groups is 1. The summed E-state index contributed by atoms with van der Waals surface area (Å²) >= 11 is 0. The number of nitrogens with one attached hydrogen (secondary N) is 1. The van der Waals surface area contributed by atoms with Gasteiger partial charge in [0.2, 0.25) is 0 Å². The first-order valence-corrected chi connectivity index (χ1v) is 9.18. The molecule has 2 aromatic heterocycles. The van der Waals surface area contributed by atoms with E-state index in [0.717, 1.165) is 38.5 Å². The zero-order chi connectivity index (χ0) is 18.5. The molecule has 1 saturated heterocycles. The molecule has 1 N–H and O–H groups in total. The quantitative estimate of drug-likeness (QED) is 0.890. The molecule has 3 rings (SSSR count). The summed E-state index contributed by atoms with van der Waals surface area (Å²) in [4.78, 5) is 25.6. The van der Waals surface area contributed by atoms with Crippen LogP contribution in [0.1, 0.15) is 31.3 Å². The highest BCUT2D eigenvalue weighted by molar-refractivity contribution is 5.74. The number of amides is 2. The number of rotatable bonds is 5. The highest BCUT2D eigenvalue weighted by Crippen LogP contribution is 2.20. The van der Waals surface area contributed by atoms with E-state index in [9.17, 15) is 4.79 Å². The van der Waals surface area contributed by atoms with Crippen molar-refractivity contribution in [1.29, 1.82) is 0 Å². The molecule has 7 heteroatoms. The minimum atomic E-state index is -0.0871. The van der Waals surface area contributed by atoms with Crippen LogP contribution in [-0.4, -0.2) is 56.5 Å². The van der Waals surface area contributed by atoms with Gasteiger partial charge in [-0.15, -0.1) is 0 Å². The molecule has 0 aromatic carbocycles. The summed E-state index contributed by atoms with van der Waals surface area (Å²) in [6, 6.07) is 3.96. The number of aromatic nitrogens is 3. The Bertz CT molecular complexity index is 706. The second-order valence-electron chi connectivity index (χ2n) is 7.19. The molecule has 1 aliphatic rings. The molecule has 0 bridgehead atoms. The Kier molecular flexibility index (Phi) is 5.88. The number of nitrogens with zero attached hydrogens (tertiary/aromatic N) is 5. The third kappa shape index (κ3) is 4.40. The summed E-state index contributed by atoms with van der Waals surface area (Å²) in [5.74, 6) is 1.16. The molecule has 2 amide bonds. The fourth-order valence-corrected chi connectivity index (χ4v) is 3.29. The van der Waals surface area contributed by atoms with Crippen molar-refractivity contribution in [1.82, 2.24) is 29.7 Å². The van der Waals surface area contributed by atoms with Gasteiger partial charge in [0, 0.05) is 64.6 Å². The standard InChI is InChI=1S/C19H28N6O/c1-15(2)17(18-21-7-8-23(18)3)22-19(26)25-11-9-24(10-12-25)14-16-5-4-6-20-13-16/h4-8,13,15,17H,9-12,14H2,1-3H3,(H,22,26). The van der Waals surface area contributed by atoms with E-state index in [1.807, 2.05) is 35.0 Å². The van der Waals surface area contributed by atoms with Crippen LogP contribution in [0.25, 0.3) is 0 Å². The SMILES string of the molecule is CC(C)C(NC(=O)N1CCN(Cc2cccnc2)CC1)c1nccn1C. The number of imidazole rings is 1. The van der Waals surface area contributed by atoms with Crippen molar-refractivity contribution in [3.8, 4) is 0 Å². The average Bonchev–Trinajstić information content (AvgIpc) is 3.06. The predicted molar refractivity (Wildman–Crippen MR) is 100 cm³/mol. The lowest BCUT2D eigenvalue weighted by atomic mass is 10.0. The van der Waals surface area contributed by atoms with Crippen LogP contribution >= 0.6 is 0 Å². The van der Waals surface area contributed by atoms with Crippen LogP contribution in [0.2, 0.25) is 0 Å². The molecule has 0 spiro atoms. The smallest absolute Gasteiger partial charge is 0.318 e. The number of aryl methyl sites for hydroxylation is 1. The molecule has 3 heterocycles. The molecule has 26 heavy (non-hydrogen) atoms. The van der Waals surface area contributed by atoms with Gasteiger partial charge in [-0.05, 0) is 17.5 Å². The molecule has 7 nitrogen and oxygen atoms in total. The van der Waals surface area contributed by atoms with Crippen molar-refractivity contribution < 1.29 is 4.79 Å². The van der Waals surface area contributed by atoms with Gasteiger partial charge in [0.05, 0.1) is 6.04 Å². The van der Waals surface area contributed by atoms with Crippen molar-refractivity contribution in [2.75, 3.05) is 26.2 Å². The molecule has 1 unspecified atom stereocenters. The lowest BCUT2D eigenvalue weighted by Crippen LogP contribution is -2.52. The third-order valence-electron chi connectivity index (χ3n) is 4.87. The normalized spacial score (nSPS) is 16.7. The Morgan fingerprint density at radius 1 is 1.23 bits per heavy atom. The molecular weight excluding hydrogens is 328 g/mol. The first-order valence-electron chi connectivity index (χ1n) is 9.18. The summed E-state index contributed by atoms with van der Waals surface area (Å²) in [7, 11) is 1.96. The molecular formula is C19H28N6O. The van der Waals surface area contributed by atoms with Gasteiger partial charge in [-0.25, -0.2) is 9.78 Å². The minimum Gasteiger partial charge on any atom is -0.336 e. The van der Waals surface area contributed by atoms with Gasteiger partial charge in [0.15, 0.2) is 0 Å². The lowest BCUT2D eigenvalue weighted by Gasteiger charge is -2.36. The summed E-state index contributed by atoms with van der Waals surface area (Å²) in [5.41, 5.74) is 1.21. The number of carbonyl (C=O) groups excluding carboxylic acids is 1. The van der Waals surface area contributed by atoms with Gasteiger partial charge >= 0.3 is 6.03 Å². The highest BCUT2D eigenvalue weighted by Gasteiger charge is 2.26. The lowest BCUT2D eigenvalue weighted by molar-refractivity contribution is 0.131.